The highest BCUT2D eigenvalue weighted by Crippen LogP contribution is 2.43. The molecule has 1 aliphatic carbocycles. The first-order valence-corrected chi connectivity index (χ1v) is 6.69. The van der Waals surface area contributed by atoms with Gasteiger partial charge in [0.25, 0.3) is 0 Å². The van der Waals surface area contributed by atoms with E-state index < -0.39 is 11.6 Å². The molecule has 1 amide bonds. The molecule has 2 N–H and O–H groups in total. The van der Waals surface area contributed by atoms with E-state index in [9.17, 15) is 9.90 Å². The van der Waals surface area contributed by atoms with Gasteiger partial charge < -0.3 is 15.2 Å². The SMILES string of the molecule is CO[C@H](C)C(=O)N[C@@]1(CO)C[C@H](C)CC(C)(C)C1. The Morgan fingerprint density at radius 3 is 2.56 bits per heavy atom. The number of nitrogens with one attached hydrogen (secondary N) is 1. The summed E-state index contributed by atoms with van der Waals surface area (Å²) in [5.41, 5.74) is -0.352. The van der Waals surface area contributed by atoms with Crippen molar-refractivity contribution in [2.45, 2.75) is 58.6 Å². The number of hydrogen-bond acceptors (Lipinski definition) is 3. The van der Waals surface area contributed by atoms with E-state index in [-0.39, 0.29) is 17.9 Å². The lowest BCUT2D eigenvalue weighted by molar-refractivity contribution is -0.134. The smallest absolute Gasteiger partial charge is 0.249 e. The zero-order valence-electron chi connectivity index (χ0n) is 12.2. The van der Waals surface area contributed by atoms with E-state index in [1.807, 2.05) is 0 Å². The molecule has 0 saturated heterocycles. The third kappa shape index (κ3) is 3.69. The summed E-state index contributed by atoms with van der Waals surface area (Å²) in [5, 5.41) is 12.7. The maximum Gasteiger partial charge on any atom is 0.249 e. The molecule has 0 aromatic rings. The summed E-state index contributed by atoms with van der Waals surface area (Å²) >= 11 is 0. The van der Waals surface area contributed by atoms with Crippen LogP contribution in [0.2, 0.25) is 0 Å². The van der Waals surface area contributed by atoms with Gasteiger partial charge in [0.15, 0.2) is 0 Å². The van der Waals surface area contributed by atoms with Gasteiger partial charge in [-0.1, -0.05) is 20.8 Å². The van der Waals surface area contributed by atoms with Gasteiger partial charge in [-0.05, 0) is 37.5 Å². The molecule has 1 fully saturated rings. The largest absolute Gasteiger partial charge is 0.394 e. The standard InChI is InChI=1S/C14H27NO3/c1-10-6-13(3,4)8-14(7-10,9-16)15-12(17)11(2)18-5/h10-11,16H,6-9H2,1-5H3,(H,15,17)/t10-,11-,14+/m1/s1. The lowest BCUT2D eigenvalue weighted by Gasteiger charge is -2.47. The number of ether oxygens (including phenoxy) is 1. The van der Waals surface area contributed by atoms with Crippen molar-refractivity contribution in [2.24, 2.45) is 11.3 Å². The second-order valence-electron chi connectivity index (χ2n) is 6.66. The van der Waals surface area contributed by atoms with E-state index in [1.165, 1.54) is 7.11 Å². The highest BCUT2D eigenvalue weighted by Gasteiger charge is 2.43. The summed E-state index contributed by atoms with van der Waals surface area (Å²) in [7, 11) is 1.52. The molecule has 0 spiro atoms. The number of amides is 1. The quantitative estimate of drug-likeness (QED) is 0.806. The molecule has 1 saturated carbocycles. The molecule has 0 bridgehead atoms. The summed E-state index contributed by atoms with van der Waals surface area (Å²) in [6.45, 7) is 8.27. The van der Waals surface area contributed by atoms with Crippen LogP contribution in [0.1, 0.15) is 47.0 Å². The number of carbonyl (C=O) groups excluding carboxylic acids is 1. The Morgan fingerprint density at radius 2 is 2.11 bits per heavy atom. The fourth-order valence-corrected chi connectivity index (χ4v) is 3.47. The predicted octanol–water partition coefficient (Wildman–Crippen LogP) is 1.71. The fraction of sp³-hybridized carbons (Fsp3) is 0.929. The topological polar surface area (TPSA) is 58.6 Å². The Balaban J connectivity index is 2.82. The lowest BCUT2D eigenvalue weighted by atomic mass is 9.64. The Bertz CT molecular complexity index is 303. The van der Waals surface area contributed by atoms with Crippen LogP contribution in [0.3, 0.4) is 0 Å². The molecule has 4 heteroatoms. The molecular formula is C14H27NO3. The van der Waals surface area contributed by atoms with Crippen molar-refractivity contribution in [3.8, 4) is 0 Å². The van der Waals surface area contributed by atoms with Crippen molar-refractivity contribution in [2.75, 3.05) is 13.7 Å². The maximum absolute atomic E-state index is 12.0. The number of carbonyl (C=O) groups is 1. The van der Waals surface area contributed by atoms with Crippen molar-refractivity contribution >= 4 is 5.91 Å². The van der Waals surface area contributed by atoms with E-state index in [4.69, 9.17) is 4.74 Å². The first-order chi connectivity index (χ1) is 8.23. The van der Waals surface area contributed by atoms with Gasteiger partial charge in [0, 0.05) is 7.11 Å². The van der Waals surface area contributed by atoms with Crippen molar-refractivity contribution in [3.63, 3.8) is 0 Å². The zero-order valence-corrected chi connectivity index (χ0v) is 12.2. The Morgan fingerprint density at radius 1 is 1.50 bits per heavy atom. The number of aliphatic hydroxyl groups excluding tert-OH is 1. The van der Waals surface area contributed by atoms with Crippen molar-refractivity contribution < 1.29 is 14.6 Å². The second kappa shape index (κ2) is 5.57. The van der Waals surface area contributed by atoms with Gasteiger partial charge in [0.2, 0.25) is 5.91 Å². The minimum absolute atomic E-state index is 0.0110. The van der Waals surface area contributed by atoms with Gasteiger partial charge in [-0.25, -0.2) is 0 Å². The Kier molecular flexibility index (Phi) is 4.78. The minimum atomic E-state index is -0.495. The molecule has 0 aromatic carbocycles. The number of hydrogen-bond donors (Lipinski definition) is 2. The van der Waals surface area contributed by atoms with Crippen molar-refractivity contribution in [1.82, 2.24) is 5.32 Å². The highest BCUT2D eigenvalue weighted by molar-refractivity contribution is 5.81. The van der Waals surface area contributed by atoms with Crippen LogP contribution in [-0.2, 0) is 9.53 Å². The molecule has 0 aromatic heterocycles. The van der Waals surface area contributed by atoms with Crippen LogP contribution in [0.5, 0.6) is 0 Å². The second-order valence-corrected chi connectivity index (χ2v) is 6.66. The summed E-state index contributed by atoms with van der Waals surface area (Å²) in [6.07, 6.45) is 2.29. The molecular weight excluding hydrogens is 230 g/mol. The monoisotopic (exact) mass is 257 g/mol. The first kappa shape index (κ1) is 15.4. The van der Waals surface area contributed by atoms with Gasteiger partial charge >= 0.3 is 0 Å². The van der Waals surface area contributed by atoms with Crippen LogP contribution in [0, 0.1) is 11.3 Å². The van der Waals surface area contributed by atoms with E-state index in [2.05, 4.69) is 26.1 Å². The van der Waals surface area contributed by atoms with E-state index in [1.54, 1.807) is 6.92 Å². The lowest BCUT2D eigenvalue weighted by Crippen LogP contribution is -2.58. The van der Waals surface area contributed by atoms with Gasteiger partial charge in [-0.15, -0.1) is 0 Å². The van der Waals surface area contributed by atoms with Crippen LogP contribution >= 0.6 is 0 Å². The van der Waals surface area contributed by atoms with Crippen molar-refractivity contribution in [3.05, 3.63) is 0 Å². The van der Waals surface area contributed by atoms with Gasteiger partial charge in [0.1, 0.15) is 6.10 Å². The minimum Gasteiger partial charge on any atom is -0.394 e. The molecule has 1 aliphatic rings. The van der Waals surface area contributed by atoms with Crippen molar-refractivity contribution in [1.29, 1.82) is 0 Å². The summed E-state index contributed by atoms with van der Waals surface area (Å²) in [5.74, 6) is 0.357. The van der Waals surface area contributed by atoms with Crippen LogP contribution < -0.4 is 5.32 Å². The number of methoxy groups -OCH3 is 1. The zero-order chi connectivity index (χ0) is 14.0. The van der Waals surface area contributed by atoms with Crippen LogP contribution in [0.25, 0.3) is 0 Å². The van der Waals surface area contributed by atoms with Crippen LogP contribution in [0.15, 0.2) is 0 Å². The molecule has 4 nitrogen and oxygen atoms in total. The summed E-state index contributed by atoms with van der Waals surface area (Å²) < 4.78 is 5.03. The van der Waals surface area contributed by atoms with E-state index >= 15 is 0 Å². The van der Waals surface area contributed by atoms with Gasteiger partial charge in [-0.2, -0.15) is 0 Å². The third-order valence-corrected chi connectivity index (χ3v) is 3.87. The van der Waals surface area contributed by atoms with E-state index in [0.717, 1.165) is 19.3 Å². The summed E-state index contributed by atoms with van der Waals surface area (Å²) in [4.78, 5) is 12.0. The molecule has 1 rings (SSSR count). The molecule has 106 valence electrons. The van der Waals surface area contributed by atoms with Crippen LogP contribution in [-0.4, -0.2) is 36.4 Å². The number of rotatable bonds is 4. The fourth-order valence-electron chi connectivity index (χ4n) is 3.47. The molecule has 0 aliphatic heterocycles. The molecule has 18 heavy (non-hydrogen) atoms. The third-order valence-electron chi connectivity index (χ3n) is 3.87. The Hall–Kier alpha value is -0.610. The predicted molar refractivity (Wildman–Crippen MR) is 71.2 cm³/mol. The normalized spacial score (nSPS) is 32.9. The highest BCUT2D eigenvalue weighted by atomic mass is 16.5. The molecule has 0 heterocycles. The maximum atomic E-state index is 12.0. The van der Waals surface area contributed by atoms with Gasteiger partial charge in [0.05, 0.1) is 12.1 Å². The number of aliphatic hydroxyl groups is 1. The van der Waals surface area contributed by atoms with E-state index in [0.29, 0.717) is 5.92 Å². The molecule has 0 radical (unpaired) electrons. The average molecular weight is 257 g/mol. The average Bonchev–Trinajstić information content (AvgIpc) is 2.24. The summed E-state index contributed by atoms with van der Waals surface area (Å²) in [6, 6.07) is 0. The van der Waals surface area contributed by atoms with Gasteiger partial charge in [-0.3, -0.25) is 4.79 Å². The van der Waals surface area contributed by atoms with Crippen LogP contribution in [0.4, 0.5) is 0 Å². The first-order valence-electron chi connectivity index (χ1n) is 6.69. The molecule has 0 unspecified atom stereocenters. The molecule has 3 atom stereocenters. The Labute approximate surface area is 110 Å².